The molecule has 2 aromatic heterocycles. The van der Waals surface area contributed by atoms with Crippen molar-refractivity contribution < 1.29 is 0 Å². The van der Waals surface area contributed by atoms with Gasteiger partial charge in [0.2, 0.25) is 0 Å². The molecule has 6 heteroatoms. The molecule has 4 rings (SSSR count). The van der Waals surface area contributed by atoms with Gasteiger partial charge in [0.05, 0.1) is 11.1 Å². The van der Waals surface area contributed by atoms with Crippen LogP contribution in [0.5, 0.6) is 0 Å². The molecule has 0 radical (unpaired) electrons. The summed E-state index contributed by atoms with van der Waals surface area (Å²) in [5, 5.41) is 12.5. The van der Waals surface area contributed by atoms with Gasteiger partial charge in [-0.1, -0.05) is 41.4 Å². The molecule has 0 bridgehead atoms. The Hall–Kier alpha value is -2.92. The summed E-state index contributed by atoms with van der Waals surface area (Å²) < 4.78 is 1.69. The first kappa shape index (κ1) is 14.7. The number of hydrogen-bond acceptors (Lipinski definition) is 3. The number of nitrogens with zero attached hydrogens (tertiary/aromatic N) is 3. The van der Waals surface area contributed by atoms with E-state index in [2.05, 4.69) is 15.3 Å². The van der Waals surface area contributed by atoms with Gasteiger partial charge in [-0.05, 0) is 31.2 Å². The van der Waals surface area contributed by atoms with Gasteiger partial charge in [0.1, 0.15) is 5.69 Å². The molecule has 24 heavy (non-hydrogen) atoms. The van der Waals surface area contributed by atoms with Crippen molar-refractivity contribution in [2.45, 2.75) is 6.92 Å². The molecule has 0 saturated heterocycles. The number of nitrogens with one attached hydrogen (secondary N) is 1. The zero-order chi connectivity index (χ0) is 16.7. The van der Waals surface area contributed by atoms with Gasteiger partial charge in [0.25, 0.3) is 5.56 Å². The summed E-state index contributed by atoms with van der Waals surface area (Å²) in [5.74, 6) is 0. The highest BCUT2D eigenvalue weighted by Crippen LogP contribution is 2.25. The molecule has 5 nitrogen and oxygen atoms in total. The van der Waals surface area contributed by atoms with Crippen LogP contribution in [0.25, 0.3) is 27.8 Å². The number of benzene rings is 2. The number of rotatable bonds is 2. The zero-order valence-electron chi connectivity index (χ0n) is 12.8. The van der Waals surface area contributed by atoms with Crippen LogP contribution >= 0.6 is 11.6 Å². The Bertz CT molecular complexity index is 1080. The van der Waals surface area contributed by atoms with Gasteiger partial charge < -0.3 is 0 Å². The van der Waals surface area contributed by atoms with Gasteiger partial charge in [-0.25, -0.2) is 9.78 Å². The average molecular weight is 337 g/mol. The lowest BCUT2D eigenvalue weighted by Gasteiger charge is -2.01. The number of aromatic amines is 1. The number of halogens is 1. The minimum absolute atomic E-state index is 0.312. The van der Waals surface area contributed by atoms with E-state index in [1.54, 1.807) is 16.8 Å². The third-order valence-electron chi connectivity index (χ3n) is 3.87. The maximum atomic E-state index is 12.1. The van der Waals surface area contributed by atoms with Crippen molar-refractivity contribution in [3.8, 4) is 16.9 Å². The molecule has 0 aliphatic heterocycles. The standard InChI is InChI=1S/C18H13ClN4O/c1-11-2-8-14(9-3-11)23-10-15-16(12-4-6-13(19)7-5-12)20-21-18(24)17(15)22-23/h2-10H,1H3,(H,21,24). The Morgan fingerprint density at radius 3 is 2.46 bits per heavy atom. The average Bonchev–Trinajstić information content (AvgIpc) is 3.03. The minimum atomic E-state index is -0.312. The van der Waals surface area contributed by atoms with Gasteiger partial charge in [-0.15, -0.1) is 0 Å². The van der Waals surface area contributed by atoms with Crippen LogP contribution in [0.3, 0.4) is 0 Å². The quantitative estimate of drug-likeness (QED) is 0.606. The number of H-pyrrole nitrogens is 1. The van der Waals surface area contributed by atoms with E-state index >= 15 is 0 Å². The molecule has 118 valence electrons. The molecule has 0 unspecified atom stereocenters. The van der Waals surface area contributed by atoms with E-state index in [0.717, 1.165) is 16.8 Å². The molecule has 0 amide bonds. The number of hydrogen-bond donors (Lipinski definition) is 1. The van der Waals surface area contributed by atoms with E-state index in [4.69, 9.17) is 11.6 Å². The summed E-state index contributed by atoms with van der Waals surface area (Å²) in [6.07, 6.45) is 1.83. The van der Waals surface area contributed by atoms with Crippen molar-refractivity contribution in [1.29, 1.82) is 0 Å². The van der Waals surface area contributed by atoms with E-state index in [0.29, 0.717) is 21.6 Å². The van der Waals surface area contributed by atoms with Gasteiger partial charge in [0, 0.05) is 16.8 Å². The highest BCUT2D eigenvalue weighted by atomic mass is 35.5. The molecule has 0 fully saturated rings. The molecule has 2 heterocycles. The maximum Gasteiger partial charge on any atom is 0.292 e. The van der Waals surface area contributed by atoms with Crippen LogP contribution in [-0.2, 0) is 0 Å². The normalized spacial score (nSPS) is 11.1. The third-order valence-corrected chi connectivity index (χ3v) is 4.12. The monoisotopic (exact) mass is 336 g/mol. The van der Waals surface area contributed by atoms with E-state index in [1.807, 2.05) is 49.5 Å². The molecule has 2 aromatic carbocycles. The van der Waals surface area contributed by atoms with E-state index in [1.165, 1.54) is 0 Å². The number of aromatic nitrogens is 4. The largest absolute Gasteiger partial charge is 0.292 e. The Balaban J connectivity index is 1.93. The molecule has 0 spiro atoms. The predicted octanol–water partition coefficient (Wildman–Crippen LogP) is 3.74. The highest BCUT2D eigenvalue weighted by molar-refractivity contribution is 6.30. The molecule has 1 N–H and O–H groups in total. The fourth-order valence-electron chi connectivity index (χ4n) is 2.59. The van der Waals surface area contributed by atoms with Crippen LogP contribution < -0.4 is 5.56 Å². The Labute approximate surface area is 142 Å². The molecule has 0 atom stereocenters. The summed E-state index contributed by atoms with van der Waals surface area (Å²) >= 11 is 5.94. The smallest absolute Gasteiger partial charge is 0.265 e. The summed E-state index contributed by atoms with van der Waals surface area (Å²) in [6, 6.07) is 15.3. The second kappa shape index (κ2) is 5.62. The van der Waals surface area contributed by atoms with Crippen molar-refractivity contribution >= 4 is 22.5 Å². The van der Waals surface area contributed by atoms with Crippen LogP contribution in [0.1, 0.15) is 5.56 Å². The zero-order valence-corrected chi connectivity index (χ0v) is 13.6. The first-order valence-corrected chi connectivity index (χ1v) is 7.81. The number of fused-ring (bicyclic) bond motifs is 1. The maximum absolute atomic E-state index is 12.1. The van der Waals surface area contributed by atoms with E-state index in [-0.39, 0.29) is 5.56 Å². The molecule has 0 aliphatic rings. The van der Waals surface area contributed by atoms with Crippen LogP contribution in [0, 0.1) is 6.92 Å². The molecular formula is C18H13ClN4O. The van der Waals surface area contributed by atoms with E-state index < -0.39 is 0 Å². The molecular weight excluding hydrogens is 324 g/mol. The van der Waals surface area contributed by atoms with Crippen molar-refractivity contribution in [3.63, 3.8) is 0 Å². The summed E-state index contributed by atoms with van der Waals surface area (Å²) in [5.41, 5.74) is 3.63. The Kier molecular flexibility index (Phi) is 3.43. The summed E-state index contributed by atoms with van der Waals surface area (Å²) in [7, 11) is 0. The van der Waals surface area contributed by atoms with Crippen LogP contribution in [0.4, 0.5) is 0 Å². The Morgan fingerprint density at radius 1 is 1.04 bits per heavy atom. The fourth-order valence-corrected chi connectivity index (χ4v) is 2.72. The van der Waals surface area contributed by atoms with Crippen LogP contribution in [0.15, 0.2) is 59.5 Å². The first-order chi connectivity index (χ1) is 11.6. The SMILES string of the molecule is Cc1ccc(-n2cc3c(-c4ccc(Cl)cc4)n[nH]c(=O)c3n2)cc1. The predicted molar refractivity (Wildman–Crippen MR) is 94.7 cm³/mol. The molecule has 0 aliphatic carbocycles. The van der Waals surface area contributed by atoms with Crippen molar-refractivity contribution in [1.82, 2.24) is 20.0 Å². The lowest BCUT2D eigenvalue weighted by atomic mass is 10.1. The lowest BCUT2D eigenvalue weighted by Crippen LogP contribution is -2.09. The number of aryl methyl sites for hydroxylation is 1. The van der Waals surface area contributed by atoms with Gasteiger partial charge >= 0.3 is 0 Å². The van der Waals surface area contributed by atoms with Gasteiger partial charge in [0.15, 0.2) is 5.52 Å². The van der Waals surface area contributed by atoms with Crippen molar-refractivity contribution in [2.24, 2.45) is 0 Å². The van der Waals surface area contributed by atoms with E-state index in [9.17, 15) is 4.79 Å². The summed E-state index contributed by atoms with van der Waals surface area (Å²) in [4.78, 5) is 12.1. The van der Waals surface area contributed by atoms with Crippen LogP contribution in [0.2, 0.25) is 5.02 Å². The van der Waals surface area contributed by atoms with Crippen molar-refractivity contribution in [3.05, 3.63) is 75.7 Å². The lowest BCUT2D eigenvalue weighted by molar-refractivity contribution is 0.890. The Morgan fingerprint density at radius 2 is 1.75 bits per heavy atom. The van der Waals surface area contributed by atoms with Gasteiger partial charge in [-0.2, -0.15) is 10.2 Å². The highest BCUT2D eigenvalue weighted by Gasteiger charge is 2.13. The minimum Gasteiger partial charge on any atom is -0.265 e. The fraction of sp³-hybridized carbons (Fsp3) is 0.0556. The molecule has 0 saturated carbocycles. The summed E-state index contributed by atoms with van der Waals surface area (Å²) in [6.45, 7) is 2.02. The topological polar surface area (TPSA) is 63.6 Å². The third kappa shape index (κ3) is 2.49. The second-order valence-corrected chi connectivity index (χ2v) is 6.02. The van der Waals surface area contributed by atoms with Crippen molar-refractivity contribution in [2.75, 3.05) is 0 Å². The second-order valence-electron chi connectivity index (χ2n) is 5.58. The van der Waals surface area contributed by atoms with Crippen LogP contribution in [-0.4, -0.2) is 20.0 Å². The molecule has 4 aromatic rings. The first-order valence-electron chi connectivity index (χ1n) is 7.43. The van der Waals surface area contributed by atoms with Gasteiger partial charge in [-0.3, -0.25) is 4.79 Å².